The predicted octanol–water partition coefficient (Wildman–Crippen LogP) is 2.82. The van der Waals surface area contributed by atoms with Crippen molar-refractivity contribution >= 4 is 17.6 Å². The van der Waals surface area contributed by atoms with Gasteiger partial charge in [0.25, 0.3) is 0 Å². The third kappa shape index (κ3) is 2.64. The Labute approximate surface area is 111 Å². The third-order valence-corrected chi connectivity index (χ3v) is 3.55. The van der Waals surface area contributed by atoms with Gasteiger partial charge in [-0.3, -0.25) is 0 Å². The molecule has 0 aromatic carbocycles. The van der Waals surface area contributed by atoms with Crippen LogP contribution < -0.4 is 5.32 Å². The van der Waals surface area contributed by atoms with E-state index in [0.717, 1.165) is 27.4 Å². The first kappa shape index (κ1) is 12.9. The SMILES string of the molecule is CNc1nc(C(C)C)nc(Sc2ncc[nH]2)c1C. The summed E-state index contributed by atoms with van der Waals surface area (Å²) >= 11 is 1.52. The lowest BCUT2D eigenvalue weighted by molar-refractivity contribution is 0.749. The fraction of sp³-hybridized carbons (Fsp3) is 0.417. The van der Waals surface area contributed by atoms with Gasteiger partial charge in [0.1, 0.15) is 16.7 Å². The Kier molecular flexibility index (Phi) is 3.86. The third-order valence-electron chi connectivity index (χ3n) is 2.54. The first-order valence-corrected chi connectivity index (χ1v) is 6.67. The predicted molar refractivity (Wildman–Crippen MR) is 73.1 cm³/mol. The Morgan fingerprint density at radius 2 is 2.11 bits per heavy atom. The number of anilines is 1. The van der Waals surface area contributed by atoms with Gasteiger partial charge in [0.15, 0.2) is 5.16 Å². The average Bonchev–Trinajstić information content (AvgIpc) is 2.84. The maximum atomic E-state index is 4.61. The lowest BCUT2D eigenvalue weighted by atomic mass is 10.2. The molecule has 96 valence electrons. The molecule has 6 heteroatoms. The van der Waals surface area contributed by atoms with E-state index in [0.29, 0.717) is 5.92 Å². The summed E-state index contributed by atoms with van der Waals surface area (Å²) in [6.07, 6.45) is 3.54. The quantitative estimate of drug-likeness (QED) is 0.830. The van der Waals surface area contributed by atoms with Crippen LogP contribution in [0.2, 0.25) is 0 Å². The summed E-state index contributed by atoms with van der Waals surface area (Å²) in [4.78, 5) is 16.4. The highest BCUT2D eigenvalue weighted by atomic mass is 32.2. The van der Waals surface area contributed by atoms with Crippen molar-refractivity contribution in [2.24, 2.45) is 0 Å². The Bertz CT molecular complexity index is 522. The lowest BCUT2D eigenvalue weighted by Crippen LogP contribution is -2.06. The van der Waals surface area contributed by atoms with Crippen molar-refractivity contribution in [1.29, 1.82) is 0 Å². The number of aromatic nitrogens is 4. The van der Waals surface area contributed by atoms with E-state index in [2.05, 4.69) is 39.1 Å². The van der Waals surface area contributed by atoms with Gasteiger partial charge >= 0.3 is 0 Å². The van der Waals surface area contributed by atoms with Crippen LogP contribution >= 0.6 is 11.8 Å². The Morgan fingerprint density at radius 1 is 1.33 bits per heavy atom. The number of nitrogens with one attached hydrogen (secondary N) is 2. The number of rotatable bonds is 4. The van der Waals surface area contributed by atoms with Crippen LogP contribution in [0.4, 0.5) is 5.82 Å². The number of imidazole rings is 1. The van der Waals surface area contributed by atoms with Crippen molar-refractivity contribution in [1.82, 2.24) is 19.9 Å². The molecule has 18 heavy (non-hydrogen) atoms. The molecule has 0 aliphatic heterocycles. The number of H-pyrrole nitrogens is 1. The van der Waals surface area contributed by atoms with Gasteiger partial charge in [-0.2, -0.15) is 0 Å². The average molecular weight is 263 g/mol. The molecule has 2 aromatic heterocycles. The summed E-state index contributed by atoms with van der Waals surface area (Å²) in [7, 11) is 1.88. The van der Waals surface area contributed by atoms with Crippen LogP contribution in [-0.4, -0.2) is 27.0 Å². The second-order valence-electron chi connectivity index (χ2n) is 4.26. The van der Waals surface area contributed by atoms with Crippen molar-refractivity contribution in [3.8, 4) is 0 Å². The summed E-state index contributed by atoms with van der Waals surface area (Å²) in [5.41, 5.74) is 1.04. The molecule has 0 aliphatic carbocycles. The van der Waals surface area contributed by atoms with Crippen LogP contribution in [0.3, 0.4) is 0 Å². The number of hydrogen-bond donors (Lipinski definition) is 2. The smallest absolute Gasteiger partial charge is 0.171 e. The molecule has 5 nitrogen and oxygen atoms in total. The number of nitrogens with zero attached hydrogens (tertiary/aromatic N) is 3. The fourth-order valence-electron chi connectivity index (χ4n) is 1.51. The minimum atomic E-state index is 0.300. The number of aromatic amines is 1. The van der Waals surface area contributed by atoms with Gasteiger partial charge in [0.05, 0.1) is 0 Å². The van der Waals surface area contributed by atoms with E-state index >= 15 is 0 Å². The zero-order valence-electron chi connectivity index (χ0n) is 11.0. The molecular weight excluding hydrogens is 246 g/mol. The Morgan fingerprint density at radius 3 is 2.67 bits per heavy atom. The van der Waals surface area contributed by atoms with E-state index in [1.165, 1.54) is 11.8 Å². The first-order valence-electron chi connectivity index (χ1n) is 5.85. The van der Waals surface area contributed by atoms with Gasteiger partial charge in [-0.1, -0.05) is 13.8 Å². The van der Waals surface area contributed by atoms with Crippen LogP contribution in [0, 0.1) is 6.92 Å². The highest BCUT2D eigenvalue weighted by molar-refractivity contribution is 7.99. The van der Waals surface area contributed by atoms with Gasteiger partial charge in [-0.15, -0.1) is 0 Å². The molecular formula is C12H17N5S. The summed E-state index contributed by atoms with van der Waals surface area (Å²) in [5, 5.41) is 4.89. The molecule has 2 N–H and O–H groups in total. The zero-order chi connectivity index (χ0) is 13.1. The molecule has 0 fully saturated rings. The molecule has 0 bridgehead atoms. The van der Waals surface area contributed by atoms with Crippen LogP contribution in [-0.2, 0) is 0 Å². The van der Waals surface area contributed by atoms with E-state index in [1.54, 1.807) is 12.4 Å². The second kappa shape index (κ2) is 5.39. The first-order chi connectivity index (χ1) is 8.61. The topological polar surface area (TPSA) is 66.5 Å². The van der Waals surface area contributed by atoms with Crippen LogP contribution in [0.25, 0.3) is 0 Å². The summed E-state index contributed by atoms with van der Waals surface area (Å²) in [5.74, 6) is 2.02. The lowest BCUT2D eigenvalue weighted by Gasteiger charge is -2.12. The van der Waals surface area contributed by atoms with Gasteiger partial charge in [0, 0.05) is 30.9 Å². The molecule has 0 unspecified atom stereocenters. The number of hydrogen-bond acceptors (Lipinski definition) is 5. The van der Waals surface area contributed by atoms with Gasteiger partial charge in [-0.25, -0.2) is 15.0 Å². The zero-order valence-corrected chi connectivity index (χ0v) is 11.8. The summed E-state index contributed by atoms with van der Waals surface area (Å²) < 4.78 is 0. The van der Waals surface area contributed by atoms with Gasteiger partial charge in [0.2, 0.25) is 0 Å². The normalized spacial score (nSPS) is 10.9. The highest BCUT2D eigenvalue weighted by Crippen LogP contribution is 2.30. The van der Waals surface area contributed by atoms with Crippen molar-refractivity contribution in [2.45, 2.75) is 36.9 Å². The molecule has 0 spiro atoms. The second-order valence-corrected chi connectivity index (χ2v) is 5.24. The summed E-state index contributed by atoms with van der Waals surface area (Å²) in [6, 6.07) is 0. The molecule has 0 saturated heterocycles. The van der Waals surface area contributed by atoms with Crippen molar-refractivity contribution < 1.29 is 0 Å². The van der Waals surface area contributed by atoms with E-state index in [1.807, 2.05) is 14.0 Å². The Hall–Kier alpha value is -1.56. The largest absolute Gasteiger partial charge is 0.373 e. The molecule has 0 radical (unpaired) electrons. The summed E-state index contributed by atoms with van der Waals surface area (Å²) in [6.45, 7) is 6.19. The molecule has 2 rings (SSSR count). The molecule has 0 aliphatic rings. The van der Waals surface area contributed by atoms with E-state index in [4.69, 9.17) is 0 Å². The van der Waals surface area contributed by atoms with Gasteiger partial charge in [-0.05, 0) is 18.7 Å². The maximum absolute atomic E-state index is 4.61. The minimum absolute atomic E-state index is 0.300. The highest BCUT2D eigenvalue weighted by Gasteiger charge is 2.14. The van der Waals surface area contributed by atoms with Crippen molar-refractivity contribution in [3.63, 3.8) is 0 Å². The van der Waals surface area contributed by atoms with Gasteiger partial charge < -0.3 is 10.3 Å². The standard InChI is InChI=1S/C12H17N5S/c1-7(2)9-16-10(13-4)8(3)11(17-9)18-12-14-5-6-15-12/h5-7H,1-4H3,(H,14,15)(H,13,16,17). The maximum Gasteiger partial charge on any atom is 0.171 e. The molecule has 0 saturated carbocycles. The molecule has 0 amide bonds. The minimum Gasteiger partial charge on any atom is -0.373 e. The van der Waals surface area contributed by atoms with E-state index < -0.39 is 0 Å². The Balaban J connectivity index is 2.41. The molecule has 2 aromatic rings. The monoisotopic (exact) mass is 263 g/mol. The van der Waals surface area contributed by atoms with E-state index in [9.17, 15) is 0 Å². The van der Waals surface area contributed by atoms with E-state index in [-0.39, 0.29) is 0 Å². The van der Waals surface area contributed by atoms with Crippen LogP contribution in [0.5, 0.6) is 0 Å². The fourth-order valence-corrected chi connectivity index (χ4v) is 2.32. The molecule has 0 atom stereocenters. The van der Waals surface area contributed by atoms with Crippen molar-refractivity contribution in [2.75, 3.05) is 12.4 Å². The van der Waals surface area contributed by atoms with Crippen molar-refractivity contribution in [3.05, 3.63) is 23.8 Å². The molecule has 2 heterocycles. The van der Waals surface area contributed by atoms with Crippen LogP contribution in [0.15, 0.2) is 22.6 Å². The van der Waals surface area contributed by atoms with Crippen LogP contribution in [0.1, 0.15) is 31.2 Å².